The summed E-state index contributed by atoms with van der Waals surface area (Å²) in [6, 6.07) is 11.8. The summed E-state index contributed by atoms with van der Waals surface area (Å²) in [7, 11) is 0. The van der Waals surface area contributed by atoms with Gasteiger partial charge in [0.05, 0.1) is 29.8 Å². The Labute approximate surface area is 232 Å². The lowest BCUT2D eigenvalue weighted by molar-refractivity contribution is 0.0473. The number of anilines is 1. The van der Waals surface area contributed by atoms with Crippen molar-refractivity contribution in [1.29, 1.82) is 0 Å². The first-order chi connectivity index (χ1) is 19.2. The Kier molecular flexibility index (Phi) is 6.83. The Balaban J connectivity index is 1.17. The molecule has 2 amide bonds. The molecule has 2 fully saturated rings. The molecule has 4 heterocycles. The van der Waals surface area contributed by atoms with Gasteiger partial charge in [-0.05, 0) is 70.0 Å². The molecule has 0 spiro atoms. The van der Waals surface area contributed by atoms with Crippen molar-refractivity contribution in [3.05, 3.63) is 42.0 Å². The standard InChI is InChI=1S/C29H35N7O4/c1-29(2,3)40-28(38)30-19-8-10-36(11-9-19)27(37)18-4-6-22-21(16-18)25(34-33-22)26-31-23-7-5-20(17-24(23)32-26)35-12-14-39-15-13-35/h4-7,16-17,19H,8-15H2,1-3H3,(H,30,38)(H,31,32)(H,33,34). The second kappa shape index (κ2) is 10.5. The normalized spacial score (nSPS) is 17.0. The van der Waals surface area contributed by atoms with Crippen LogP contribution in [0.4, 0.5) is 10.5 Å². The van der Waals surface area contributed by atoms with Crippen LogP contribution in [0.15, 0.2) is 36.4 Å². The number of hydrogen-bond acceptors (Lipinski definition) is 7. The topological polar surface area (TPSA) is 128 Å². The molecule has 11 nitrogen and oxygen atoms in total. The molecule has 0 atom stereocenters. The number of aromatic nitrogens is 4. The number of carbonyl (C=O) groups is 2. The number of piperidine rings is 1. The van der Waals surface area contributed by atoms with Crippen LogP contribution >= 0.6 is 0 Å². The van der Waals surface area contributed by atoms with Crippen LogP contribution in [0.25, 0.3) is 33.5 Å². The molecule has 2 saturated heterocycles. The van der Waals surface area contributed by atoms with E-state index in [9.17, 15) is 9.59 Å². The van der Waals surface area contributed by atoms with E-state index in [1.807, 2.05) is 49.9 Å². The van der Waals surface area contributed by atoms with Crippen LogP contribution in [-0.4, -0.2) is 88.1 Å². The number of rotatable bonds is 4. The molecule has 2 aromatic carbocycles. The lowest BCUT2D eigenvalue weighted by Crippen LogP contribution is -2.47. The van der Waals surface area contributed by atoms with Crippen LogP contribution < -0.4 is 10.2 Å². The van der Waals surface area contributed by atoms with Crippen molar-refractivity contribution in [3.63, 3.8) is 0 Å². The van der Waals surface area contributed by atoms with E-state index < -0.39 is 11.7 Å². The van der Waals surface area contributed by atoms with Gasteiger partial charge in [-0.3, -0.25) is 9.89 Å². The van der Waals surface area contributed by atoms with Crippen molar-refractivity contribution in [1.82, 2.24) is 30.4 Å². The van der Waals surface area contributed by atoms with Gasteiger partial charge in [0, 0.05) is 48.9 Å². The quantitative estimate of drug-likeness (QED) is 0.353. The first-order valence-corrected chi connectivity index (χ1v) is 13.8. The summed E-state index contributed by atoms with van der Waals surface area (Å²) in [6.45, 7) is 9.83. The molecule has 0 aliphatic carbocycles. The van der Waals surface area contributed by atoms with E-state index in [0.29, 0.717) is 43.0 Å². The third-order valence-electron chi connectivity index (χ3n) is 7.38. The van der Waals surface area contributed by atoms with Crippen molar-refractivity contribution in [2.45, 2.75) is 45.3 Å². The van der Waals surface area contributed by atoms with Gasteiger partial charge in [0.1, 0.15) is 11.3 Å². The summed E-state index contributed by atoms with van der Waals surface area (Å²) < 4.78 is 10.8. The van der Waals surface area contributed by atoms with Gasteiger partial charge in [-0.25, -0.2) is 9.78 Å². The lowest BCUT2D eigenvalue weighted by atomic mass is 10.0. The molecule has 3 N–H and O–H groups in total. The fourth-order valence-electron chi connectivity index (χ4n) is 5.34. The number of morpholine rings is 1. The Bertz CT molecular complexity index is 1540. The van der Waals surface area contributed by atoms with E-state index in [4.69, 9.17) is 14.5 Å². The zero-order valence-electron chi connectivity index (χ0n) is 23.1. The number of fused-ring (bicyclic) bond motifs is 2. The van der Waals surface area contributed by atoms with Gasteiger partial charge < -0.3 is 29.6 Å². The molecule has 6 rings (SSSR count). The van der Waals surface area contributed by atoms with Gasteiger partial charge in [-0.1, -0.05) is 0 Å². The third-order valence-corrected chi connectivity index (χ3v) is 7.38. The van der Waals surface area contributed by atoms with E-state index in [1.165, 1.54) is 0 Å². The minimum absolute atomic E-state index is 0.0151. The number of amides is 2. The fraction of sp³-hybridized carbons (Fsp3) is 0.448. The minimum atomic E-state index is -0.542. The van der Waals surface area contributed by atoms with Gasteiger partial charge in [0.2, 0.25) is 0 Å². The monoisotopic (exact) mass is 545 g/mol. The third kappa shape index (κ3) is 5.46. The van der Waals surface area contributed by atoms with Gasteiger partial charge in [-0.15, -0.1) is 0 Å². The highest BCUT2D eigenvalue weighted by molar-refractivity contribution is 6.01. The summed E-state index contributed by atoms with van der Waals surface area (Å²) >= 11 is 0. The number of hydrogen-bond donors (Lipinski definition) is 3. The molecule has 0 radical (unpaired) electrons. The Hall–Kier alpha value is -4.12. The van der Waals surface area contributed by atoms with Crippen molar-refractivity contribution < 1.29 is 19.1 Å². The molecule has 11 heteroatoms. The second-order valence-electron chi connectivity index (χ2n) is 11.4. The smallest absolute Gasteiger partial charge is 0.407 e. The molecule has 4 aromatic rings. The first-order valence-electron chi connectivity index (χ1n) is 13.8. The maximum absolute atomic E-state index is 13.4. The van der Waals surface area contributed by atoms with Crippen molar-refractivity contribution >= 4 is 39.6 Å². The molecule has 2 aliphatic rings. The molecule has 0 bridgehead atoms. The largest absolute Gasteiger partial charge is 0.444 e. The zero-order chi connectivity index (χ0) is 27.9. The van der Waals surface area contributed by atoms with Crippen LogP contribution in [-0.2, 0) is 9.47 Å². The second-order valence-corrected chi connectivity index (χ2v) is 11.4. The van der Waals surface area contributed by atoms with E-state index >= 15 is 0 Å². The van der Waals surface area contributed by atoms with Crippen LogP contribution in [0.3, 0.4) is 0 Å². The summed E-state index contributed by atoms with van der Waals surface area (Å²) in [4.78, 5) is 37.9. The van der Waals surface area contributed by atoms with Crippen LogP contribution in [0, 0.1) is 0 Å². The first kappa shape index (κ1) is 26.1. The van der Waals surface area contributed by atoms with Crippen LogP contribution in [0.2, 0.25) is 0 Å². The summed E-state index contributed by atoms with van der Waals surface area (Å²) in [6.07, 6.45) is 0.934. The molecule has 0 unspecified atom stereocenters. The number of likely N-dealkylation sites (tertiary alicyclic amines) is 1. The average Bonchev–Trinajstić information content (AvgIpc) is 3.55. The Morgan fingerprint density at radius 1 is 1.02 bits per heavy atom. The number of H-pyrrole nitrogens is 2. The van der Waals surface area contributed by atoms with E-state index in [1.54, 1.807) is 0 Å². The summed E-state index contributed by atoms with van der Waals surface area (Å²) in [5.74, 6) is 0.614. The number of imidazole rings is 1. The molecule has 40 heavy (non-hydrogen) atoms. The van der Waals surface area contributed by atoms with Crippen molar-refractivity contribution in [2.75, 3.05) is 44.3 Å². The fourth-order valence-corrected chi connectivity index (χ4v) is 5.34. The number of nitrogens with zero attached hydrogens (tertiary/aromatic N) is 4. The van der Waals surface area contributed by atoms with Crippen molar-refractivity contribution in [2.24, 2.45) is 0 Å². The van der Waals surface area contributed by atoms with Gasteiger partial charge in [0.15, 0.2) is 5.82 Å². The number of alkyl carbamates (subject to hydrolysis) is 1. The number of nitrogens with one attached hydrogen (secondary N) is 3. The number of aromatic amines is 2. The maximum Gasteiger partial charge on any atom is 0.407 e. The molecule has 2 aromatic heterocycles. The Morgan fingerprint density at radius 2 is 1.80 bits per heavy atom. The van der Waals surface area contributed by atoms with E-state index in [2.05, 4.69) is 37.5 Å². The average molecular weight is 546 g/mol. The number of benzene rings is 2. The number of carbonyl (C=O) groups excluding carboxylic acids is 2. The predicted octanol–water partition coefficient (Wildman–Crippen LogP) is 4.07. The SMILES string of the molecule is CC(C)(C)OC(=O)NC1CCN(C(=O)c2ccc3[nH]nc(-c4nc5ccc(N6CCOCC6)cc5[nH]4)c3c2)CC1. The molecule has 0 saturated carbocycles. The highest BCUT2D eigenvalue weighted by Crippen LogP contribution is 2.29. The predicted molar refractivity (Wildman–Crippen MR) is 153 cm³/mol. The zero-order valence-corrected chi connectivity index (χ0v) is 23.1. The molecule has 2 aliphatic heterocycles. The van der Waals surface area contributed by atoms with Crippen LogP contribution in [0.1, 0.15) is 44.0 Å². The molecule has 210 valence electrons. The minimum Gasteiger partial charge on any atom is -0.444 e. The summed E-state index contributed by atoms with van der Waals surface area (Å²) in [5, 5.41) is 11.4. The Morgan fingerprint density at radius 3 is 2.55 bits per heavy atom. The van der Waals surface area contributed by atoms with E-state index in [-0.39, 0.29) is 11.9 Å². The molecular weight excluding hydrogens is 510 g/mol. The maximum atomic E-state index is 13.4. The highest BCUT2D eigenvalue weighted by atomic mass is 16.6. The van der Waals surface area contributed by atoms with Crippen molar-refractivity contribution in [3.8, 4) is 11.5 Å². The lowest BCUT2D eigenvalue weighted by Gasteiger charge is -2.33. The summed E-state index contributed by atoms with van der Waals surface area (Å²) in [5.41, 5.74) is 4.49. The van der Waals surface area contributed by atoms with Gasteiger partial charge >= 0.3 is 6.09 Å². The van der Waals surface area contributed by atoms with Crippen LogP contribution in [0.5, 0.6) is 0 Å². The van der Waals surface area contributed by atoms with Gasteiger partial charge in [-0.2, -0.15) is 5.10 Å². The highest BCUT2D eigenvalue weighted by Gasteiger charge is 2.27. The molecular formula is C29H35N7O4. The van der Waals surface area contributed by atoms with Gasteiger partial charge in [0.25, 0.3) is 5.91 Å². The number of ether oxygens (including phenoxy) is 2. The van der Waals surface area contributed by atoms with E-state index in [0.717, 1.165) is 53.9 Å².